The van der Waals surface area contributed by atoms with Crippen LogP contribution in [0.15, 0.2) is 18.2 Å². The van der Waals surface area contributed by atoms with E-state index in [0.29, 0.717) is 0 Å². The van der Waals surface area contributed by atoms with E-state index >= 15 is 0 Å². The molecule has 1 N–H and O–H groups in total. The molecule has 4 nitrogen and oxygen atoms in total. The fraction of sp³-hybridized carbons (Fsp3) is 0.385. The van der Waals surface area contributed by atoms with Crippen molar-refractivity contribution in [1.82, 2.24) is 0 Å². The van der Waals surface area contributed by atoms with Gasteiger partial charge in [-0.25, -0.2) is 8.78 Å². The molecule has 0 spiro atoms. The summed E-state index contributed by atoms with van der Waals surface area (Å²) in [4.78, 5) is 22.7. The molecule has 2 unspecified atom stereocenters. The highest BCUT2D eigenvalue weighted by atomic mass is 19.2. The van der Waals surface area contributed by atoms with E-state index < -0.39 is 35.4 Å². The van der Waals surface area contributed by atoms with Crippen LogP contribution in [0.25, 0.3) is 0 Å². The van der Waals surface area contributed by atoms with Gasteiger partial charge in [-0.15, -0.1) is 0 Å². The van der Waals surface area contributed by atoms with Crippen molar-refractivity contribution in [3.05, 3.63) is 35.4 Å². The van der Waals surface area contributed by atoms with Crippen LogP contribution in [0.5, 0.6) is 0 Å². The maximum absolute atomic E-state index is 13.1. The molecule has 1 rings (SSSR count). The summed E-state index contributed by atoms with van der Waals surface area (Å²) in [6.07, 6.45) is 0. The Morgan fingerprint density at radius 3 is 2.42 bits per heavy atom. The second kappa shape index (κ2) is 6.26. The molecular weight excluding hydrogens is 258 g/mol. The normalized spacial score (nSPS) is 13.7. The van der Waals surface area contributed by atoms with E-state index in [1.807, 2.05) is 0 Å². The van der Waals surface area contributed by atoms with Gasteiger partial charge in [-0.1, -0.05) is 13.0 Å². The van der Waals surface area contributed by atoms with Gasteiger partial charge >= 0.3 is 11.9 Å². The topological polar surface area (TPSA) is 63.6 Å². The minimum atomic E-state index is -1.45. The SMILES string of the molecule is CCOC(=O)C(C(=O)O)C(C)c1ccc(F)c(F)c1. The molecule has 0 saturated heterocycles. The Labute approximate surface area is 109 Å². The monoisotopic (exact) mass is 272 g/mol. The number of benzene rings is 1. The average molecular weight is 272 g/mol. The van der Waals surface area contributed by atoms with Crippen LogP contribution in [0.3, 0.4) is 0 Å². The van der Waals surface area contributed by atoms with E-state index in [2.05, 4.69) is 4.74 Å². The van der Waals surface area contributed by atoms with Crippen molar-refractivity contribution in [1.29, 1.82) is 0 Å². The first kappa shape index (κ1) is 15.1. The minimum Gasteiger partial charge on any atom is -0.481 e. The quantitative estimate of drug-likeness (QED) is 0.660. The highest BCUT2D eigenvalue weighted by Crippen LogP contribution is 2.27. The molecule has 0 aliphatic carbocycles. The second-order valence-electron chi connectivity index (χ2n) is 4.03. The Kier molecular flexibility index (Phi) is 4.97. The Morgan fingerprint density at radius 2 is 1.95 bits per heavy atom. The number of halogens is 2. The van der Waals surface area contributed by atoms with Crippen LogP contribution in [-0.4, -0.2) is 23.7 Å². The summed E-state index contributed by atoms with van der Waals surface area (Å²) in [5.74, 6) is -6.66. The van der Waals surface area contributed by atoms with E-state index in [1.165, 1.54) is 13.0 Å². The fourth-order valence-electron chi connectivity index (χ4n) is 1.74. The third-order valence-electron chi connectivity index (χ3n) is 2.78. The summed E-state index contributed by atoms with van der Waals surface area (Å²) in [6, 6.07) is 3.03. The molecule has 0 radical (unpaired) electrons. The number of hydrogen-bond acceptors (Lipinski definition) is 3. The fourth-order valence-corrected chi connectivity index (χ4v) is 1.74. The van der Waals surface area contributed by atoms with Crippen LogP contribution in [0.2, 0.25) is 0 Å². The molecule has 1 aromatic carbocycles. The van der Waals surface area contributed by atoms with E-state index in [-0.39, 0.29) is 12.2 Å². The van der Waals surface area contributed by atoms with Crippen molar-refractivity contribution in [2.45, 2.75) is 19.8 Å². The maximum atomic E-state index is 13.1. The molecule has 0 aliphatic rings. The molecule has 0 saturated carbocycles. The maximum Gasteiger partial charge on any atom is 0.320 e. The zero-order chi connectivity index (χ0) is 14.6. The Balaban J connectivity index is 3.05. The summed E-state index contributed by atoms with van der Waals surface area (Å²) >= 11 is 0. The van der Waals surface area contributed by atoms with Crippen LogP contribution in [0, 0.1) is 17.6 Å². The van der Waals surface area contributed by atoms with Crippen LogP contribution in [0.4, 0.5) is 8.78 Å². The van der Waals surface area contributed by atoms with Crippen LogP contribution < -0.4 is 0 Å². The lowest BCUT2D eigenvalue weighted by Crippen LogP contribution is -2.30. The van der Waals surface area contributed by atoms with Crippen molar-refractivity contribution in [2.75, 3.05) is 6.61 Å². The number of aliphatic carboxylic acids is 1. The highest BCUT2D eigenvalue weighted by molar-refractivity contribution is 5.95. The number of carbonyl (C=O) groups excluding carboxylic acids is 1. The molecular formula is C13H14F2O4. The molecule has 0 aromatic heterocycles. The molecule has 1 aromatic rings. The molecule has 0 aliphatic heterocycles. The average Bonchev–Trinajstić information content (AvgIpc) is 2.32. The van der Waals surface area contributed by atoms with Gasteiger partial charge in [0.2, 0.25) is 0 Å². The van der Waals surface area contributed by atoms with Crippen LogP contribution in [0.1, 0.15) is 25.3 Å². The summed E-state index contributed by atoms with van der Waals surface area (Å²) in [7, 11) is 0. The summed E-state index contributed by atoms with van der Waals surface area (Å²) < 4.78 is 30.6. The predicted octanol–water partition coefficient (Wildman–Crippen LogP) is 2.33. The Hall–Kier alpha value is -1.98. The number of hydrogen-bond donors (Lipinski definition) is 1. The molecule has 0 heterocycles. The molecule has 2 atom stereocenters. The number of ether oxygens (including phenoxy) is 1. The van der Waals surface area contributed by atoms with Crippen molar-refractivity contribution in [3.8, 4) is 0 Å². The molecule has 19 heavy (non-hydrogen) atoms. The first-order valence-electron chi connectivity index (χ1n) is 5.72. The lowest BCUT2D eigenvalue weighted by atomic mass is 9.87. The van der Waals surface area contributed by atoms with Crippen molar-refractivity contribution < 1.29 is 28.2 Å². The van der Waals surface area contributed by atoms with Gasteiger partial charge in [0.1, 0.15) is 0 Å². The minimum absolute atomic E-state index is 0.0487. The van der Waals surface area contributed by atoms with Gasteiger partial charge in [0, 0.05) is 5.92 Å². The first-order valence-corrected chi connectivity index (χ1v) is 5.72. The van der Waals surface area contributed by atoms with Crippen LogP contribution >= 0.6 is 0 Å². The van der Waals surface area contributed by atoms with Crippen LogP contribution in [-0.2, 0) is 14.3 Å². The zero-order valence-electron chi connectivity index (χ0n) is 10.5. The smallest absolute Gasteiger partial charge is 0.320 e. The standard InChI is InChI=1S/C13H14F2O4/c1-3-19-13(18)11(12(16)17)7(2)8-4-5-9(14)10(15)6-8/h4-7,11H,3H2,1-2H3,(H,16,17). The number of rotatable bonds is 5. The third kappa shape index (κ3) is 3.49. The van der Waals surface area contributed by atoms with Gasteiger partial charge in [-0.05, 0) is 24.6 Å². The second-order valence-corrected chi connectivity index (χ2v) is 4.03. The van der Waals surface area contributed by atoms with Gasteiger partial charge < -0.3 is 9.84 Å². The largest absolute Gasteiger partial charge is 0.481 e. The summed E-state index contributed by atoms with van der Waals surface area (Å²) in [5, 5.41) is 9.06. The third-order valence-corrected chi connectivity index (χ3v) is 2.78. The van der Waals surface area contributed by atoms with Gasteiger partial charge in [-0.3, -0.25) is 9.59 Å². The number of carbonyl (C=O) groups is 2. The Bertz CT molecular complexity index is 488. The van der Waals surface area contributed by atoms with Gasteiger partial charge in [0.15, 0.2) is 17.6 Å². The highest BCUT2D eigenvalue weighted by Gasteiger charge is 2.34. The number of esters is 1. The lowest BCUT2D eigenvalue weighted by molar-refractivity contribution is -0.159. The first-order chi connectivity index (χ1) is 8.88. The lowest BCUT2D eigenvalue weighted by Gasteiger charge is -2.19. The number of carboxylic acids is 1. The van der Waals surface area contributed by atoms with Gasteiger partial charge in [0.25, 0.3) is 0 Å². The van der Waals surface area contributed by atoms with Crippen molar-refractivity contribution in [2.24, 2.45) is 5.92 Å². The van der Waals surface area contributed by atoms with E-state index in [9.17, 15) is 18.4 Å². The molecule has 0 fully saturated rings. The predicted molar refractivity (Wildman–Crippen MR) is 62.5 cm³/mol. The van der Waals surface area contributed by atoms with Crippen molar-refractivity contribution >= 4 is 11.9 Å². The van der Waals surface area contributed by atoms with E-state index in [4.69, 9.17) is 5.11 Å². The summed E-state index contributed by atoms with van der Waals surface area (Å²) in [6.45, 7) is 3.05. The molecule has 6 heteroatoms. The van der Waals surface area contributed by atoms with Gasteiger partial charge in [0.05, 0.1) is 6.61 Å². The van der Waals surface area contributed by atoms with Gasteiger partial charge in [-0.2, -0.15) is 0 Å². The Morgan fingerprint density at radius 1 is 1.32 bits per heavy atom. The molecule has 0 amide bonds. The number of carboxylic acid groups (broad SMARTS) is 1. The van der Waals surface area contributed by atoms with E-state index in [0.717, 1.165) is 12.1 Å². The zero-order valence-corrected chi connectivity index (χ0v) is 10.5. The molecule has 0 bridgehead atoms. The molecule has 104 valence electrons. The van der Waals surface area contributed by atoms with Crippen molar-refractivity contribution in [3.63, 3.8) is 0 Å². The van der Waals surface area contributed by atoms with E-state index in [1.54, 1.807) is 6.92 Å². The summed E-state index contributed by atoms with van der Waals surface area (Å²) in [5.41, 5.74) is 0.222.